The molecule has 2 aliphatic carbocycles. The van der Waals surface area contributed by atoms with Crippen LogP contribution in [0.4, 0.5) is 19.3 Å². The molecule has 13 nitrogen and oxygen atoms in total. The van der Waals surface area contributed by atoms with Crippen molar-refractivity contribution in [2.45, 2.75) is 61.4 Å². The molecule has 3 aromatic rings. The maximum absolute atomic E-state index is 15.5. The lowest BCUT2D eigenvalue weighted by Crippen LogP contribution is -2.56. The first-order valence-electron chi connectivity index (χ1n) is 19.9. The summed E-state index contributed by atoms with van der Waals surface area (Å²) in [6.07, 6.45) is 13.1. The van der Waals surface area contributed by atoms with Crippen molar-refractivity contribution in [2.75, 3.05) is 64.6 Å². The van der Waals surface area contributed by atoms with Crippen LogP contribution in [0.25, 0.3) is 0 Å². The van der Waals surface area contributed by atoms with E-state index in [1.807, 2.05) is 23.5 Å². The van der Waals surface area contributed by atoms with Gasteiger partial charge in [0.1, 0.15) is 11.6 Å². The van der Waals surface area contributed by atoms with Crippen molar-refractivity contribution < 1.29 is 43.9 Å². The number of hydrogen-bond acceptors (Lipinski definition) is 8. The second-order valence-electron chi connectivity index (χ2n) is 16.1. The number of imidazole rings is 1. The van der Waals surface area contributed by atoms with Crippen LogP contribution in [0.1, 0.15) is 45.5 Å². The number of aromatic nitrogens is 2. The van der Waals surface area contributed by atoms with Gasteiger partial charge in [-0.05, 0) is 91.9 Å². The van der Waals surface area contributed by atoms with Crippen molar-refractivity contribution in [1.82, 2.24) is 24.7 Å². The van der Waals surface area contributed by atoms with Crippen LogP contribution in [0, 0.1) is 29.4 Å². The quantitative estimate of drug-likeness (QED) is 0.219. The second-order valence-corrected chi connectivity index (χ2v) is 18.8. The normalized spacial score (nSPS) is 21.6. The Morgan fingerprint density at radius 3 is 2.50 bits per heavy atom. The van der Waals surface area contributed by atoms with Crippen molar-refractivity contribution in [3.8, 4) is 0 Å². The molecule has 0 bridgehead atoms. The molecule has 5 N–H and O–H groups in total. The summed E-state index contributed by atoms with van der Waals surface area (Å²) in [7, 11) is 0.303. The van der Waals surface area contributed by atoms with Crippen molar-refractivity contribution in [3.05, 3.63) is 106 Å². The van der Waals surface area contributed by atoms with E-state index in [1.54, 1.807) is 49.8 Å². The van der Waals surface area contributed by atoms with Crippen LogP contribution in [0.15, 0.2) is 93.8 Å². The molecule has 2 unspecified atom stereocenters. The Kier molecular flexibility index (Phi) is 15.8. The number of hydrogen-bond donors (Lipinski definition) is 1. The highest BCUT2D eigenvalue weighted by Crippen LogP contribution is 2.52. The van der Waals surface area contributed by atoms with E-state index in [-0.39, 0.29) is 48.4 Å². The summed E-state index contributed by atoms with van der Waals surface area (Å²) in [5.41, 5.74) is 4.31. The van der Waals surface area contributed by atoms with Crippen molar-refractivity contribution in [3.63, 3.8) is 0 Å². The Hall–Kier alpha value is -4.51. The lowest BCUT2D eigenvalue weighted by molar-refractivity contribution is -0.125. The molecule has 1 saturated carbocycles. The predicted molar refractivity (Wildman–Crippen MR) is 230 cm³/mol. The molecule has 60 heavy (non-hydrogen) atoms. The summed E-state index contributed by atoms with van der Waals surface area (Å²) in [5, 5.41) is 4.65. The average molecular weight is 873 g/mol. The van der Waals surface area contributed by atoms with Crippen LogP contribution in [-0.2, 0) is 43.1 Å². The Balaban J connectivity index is 0.00000273. The molecular formula is C43H58F2N6O7S2. The maximum atomic E-state index is 15.5. The smallest absolute Gasteiger partial charge is 0.407 e. The first kappa shape index (κ1) is 46.6. The Morgan fingerprint density at radius 2 is 1.85 bits per heavy atom. The number of rotatable bonds is 15. The minimum atomic E-state index is -1.62. The van der Waals surface area contributed by atoms with Crippen LogP contribution in [-0.4, -0.2) is 116 Å². The van der Waals surface area contributed by atoms with Gasteiger partial charge in [0.05, 0.1) is 40.4 Å². The number of amides is 2. The number of nitrogens with zero attached hydrogens (tertiary/aromatic N) is 5. The van der Waals surface area contributed by atoms with Gasteiger partial charge < -0.3 is 40.3 Å². The predicted octanol–water partition coefficient (Wildman–Crippen LogP) is 4.34. The number of nitrogens with one attached hydrogen (secondary N) is 1. The molecular weight excluding hydrogens is 815 g/mol. The number of likely N-dealkylation sites (tertiary alicyclic amines) is 1. The summed E-state index contributed by atoms with van der Waals surface area (Å²) in [6.45, 7) is 5.00. The van der Waals surface area contributed by atoms with Gasteiger partial charge in [-0.25, -0.2) is 22.8 Å². The third-order valence-electron chi connectivity index (χ3n) is 12.4. The van der Waals surface area contributed by atoms with E-state index in [0.717, 1.165) is 57.3 Å². The number of ether oxygens (including phenoxy) is 1. The third kappa shape index (κ3) is 10.2. The van der Waals surface area contributed by atoms with Crippen LogP contribution >= 0.6 is 0 Å². The van der Waals surface area contributed by atoms with Gasteiger partial charge >= 0.3 is 6.09 Å². The molecule has 4 aliphatic rings. The topological polar surface area (TPSA) is 180 Å². The molecule has 2 amide bonds. The van der Waals surface area contributed by atoms with Crippen LogP contribution < -0.4 is 10.2 Å². The van der Waals surface area contributed by atoms with Gasteiger partial charge in [0.15, 0.2) is 0 Å². The van der Waals surface area contributed by atoms with Gasteiger partial charge in [-0.3, -0.25) is 9.00 Å². The third-order valence-corrected chi connectivity index (χ3v) is 14.4. The molecule has 1 aromatic heterocycles. The fraction of sp³-hybridized carbons (Fsp3) is 0.488. The zero-order valence-corrected chi connectivity index (χ0v) is 35.9. The Morgan fingerprint density at radius 1 is 1.10 bits per heavy atom. The Bertz CT molecular complexity index is 2140. The number of piperidine rings is 1. The van der Waals surface area contributed by atoms with Crippen molar-refractivity contribution >= 4 is 39.3 Å². The summed E-state index contributed by atoms with van der Waals surface area (Å²) in [5.74, 6) is -0.285. The van der Waals surface area contributed by atoms with E-state index in [2.05, 4.69) is 25.5 Å². The maximum Gasteiger partial charge on any atom is 0.407 e. The number of benzene rings is 2. The van der Waals surface area contributed by atoms with E-state index in [1.165, 1.54) is 29.6 Å². The fourth-order valence-electron chi connectivity index (χ4n) is 9.59. The van der Waals surface area contributed by atoms with E-state index >= 15 is 8.78 Å². The van der Waals surface area contributed by atoms with Crippen molar-refractivity contribution in [1.29, 1.82) is 0 Å². The van der Waals surface area contributed by atoms with Gasteiger partial charge in [0.25, 0.3) is 5.91 Å². The first-order valence-corrected chi connectivity index (χ1v) is 22.7. The molecule has 0 radical (unpaired) electrons. The van der Waals surface area contributed by atoms with E-state index in [0.29, 0.717) is 53.2 Å². The van der Waals surface area contributed by atoms with E-state index in [4.69, 9.17) is 4.74 Å². The number of methoxy groups -OCH3 is 1. The number of carbonyl (C=O) groups is 2. The molecule has 2 aliphatic heterocycles. The van der Waals surface area contributed by atoms with Gasteiger partial charge in [-0.15, -0.1) is 0 Å². The van der Waals surface area contributed by atoms with Gasteiger partial charge in [-0.2, -0.15) is 0 Å². The molecule has 17 heteroatoms. The van der Waals surface area contributed by atoms with Gasteiger partial charge in [-0.1, -0.05) is 30.4 Å². The number of halogens is 2. The molecule has 7 rings (SSSR count). The molecule has 2 aromatic carbocycles. The minimum absolute atomic E-state index is 0. The second kappa shape index (κ2) is 20.4. The summed E-state index contributed by atoms with van der Waals surface area (Å²) < 4.78 is 62.1. The highest BCUT2D eigenvalue weighted by atomic mass is 32.2. The molecule has 3 heterocycles. The number of likely N-dealkylation sites (N-methyl/N-ethyl adjacent to an activating group) is 1. The first-order chi connectivity index (χ1) is 27.9. The summed E-state index contributed by atoms with van der Waals surface area (Å²) in [4.78, 5) is 36.3. The minimum Gasteiger partial charge on any atom is -0.453 e. The molecule has 2 saturated heterocycles. The number of anilines is 1. The highest BCUT2D eigenvalue weighted by Gasteiger charge is 2.52. The molecule has 5 atom stereocenters. The van der Waals surface area contributed by atoms with Gasteiger partial charge in [0.2, 0.25) is 0 Å². The summed E-state index contributed by atoms with van der Waals surface area (Å²) in [6, 6.07) is 11.6. The molecule has 0 spiro atoms. The van der Waals surface area contributed by atoms with Crippen LogP contribution in [0.5, 0.6) is 0 Å². The van der Waals surface area contributed by atoms with E-state index in [9.17, 15) is 18.0 Å². The Labute approximate surface area is 356 Å². The zero-order valence-electron chi connectivity index (χ0n) is 34.3. The lowest BCUT2D eigenvalue weighted by atomic mass is 9.58. The largest absolute Gasteiger partial charge is 0.453 e. The fourth-order valence-corrected chi connectivity index (χ4v) is 11.1. The van der Waals surface area contributed by atoms with Gasteiger partial charge in [0, 0.05) is 99.3 Å². The zero-order chi connectivity index (χ0) is 41.0. The van der Waals surface area contributed by atoms with Crippen molar-refractivity contribution in [2.24, 2.45) is 17.8 Å². The van der Waals surface area contributed by atoms with E-state index < -0.39 is 38.9 Å². The van der Waals surface area contributed by atoms with Crippen LogP contribution in [0.3, 0.4) is 0 Å². The average Bonchev–Trinajstić information content (AvgIpc) is 3.87. The molecule has 3 fully saturated rings. The monoisotopic (exact) mass is 872 g/mol. The number of carbonyl (C=O) groups excluding carboxylic acids is 2. The lowest BCUT2D eigenvalue weighted by Gasteiger charge is -2.51. The number of alkyl carbamates (subject to hydrolysis) is 1. The summed E-state index contributed by atoms with van der Waals surface area (Å²) >= 11 is 0. The highest BCUT2D eigenvalue weighted by molar-refractivity contribution is 7.89. The standard InChI is InChI=1S/C43H52F2N6O5S2.2H2O.H2/c1-48(16-6-20-57(3)54)41(52)31-21-36(22-31)58(55)35-11-12-40(38(45)24-35)51-26-30(27-51)25-49-17-13-32(14-18-49)43(28-50-19-15-46-29-50,33-7-4-8-34(44)23-33)37-9-5-10-39(37)47-42(53)56-2;;;/h4,6-8,11-12,15,19-20,23-24,29-30,32,37,39H,5,9-10,13-14,16-18,21,25-28H2,1-3H3,(H,47,53);2*1H2;1H/b20-6+;;;/t37-,39-,43-,57?,58?;;;/m0.../s1. The molecule has 328 valence electrons. The SMILES string of the molecule is COC(=O)N[C@H]1CCC[C@@H]1[C@](Cn1ccnc1)(c1cccc(F)c1)C1CCN(CC2CN(c3ccc(S(=O)C4=C=C(C(=O)N(C)C/C=C/S(C)=O)C4)cc3F)C2)CC1.O.O.[HH]. The van der Waals surface area contributed by atoms with Crippen LogP contribution in [0.2, 0.25) is 0 Å².